The lowest BCUT2D eigenvalue weighted by Crippen LogP contribution is -2.22. The van der Waals surface area contributed by atoms with E-state index in [1.54, 1.807) is 17.4 Å². The van der Waals surface area contributed by atoms with Crippen molar-refractivity contribution in [2.75, 3.05) is 6.54 Å². The van der Waals surface area contributed by atoms with E-state index in [1.807, 2.05) is 11.4 Å². The molecule has 0 saturated heterocycles. The third kappa shape index (κ3) is 3.78. The fourth-order valence-electron chi connectivity index (χ4n) is 1.98. The van der Waals surface area contributed by atoms with E-state index < -0.39 is 0 Å². The summed E-state index contributed by atoms with van der Waals surface area (Å²) in [5, 5.41) is 6.07. The molecule has 102 valence electrons. The maximum absolute atomic E-state index is 13.3. The molecule has 0 radical (unpaired) electrons. The van der Waals surface area contributed by atoms with Crippen molar-refractivity contribution in [3.8, 4) is 0 Å². The zero-order valence-electron chi connectivity index (χ0n) is 10.4. The van der Waals surface area contributed by atoms with Gasteiger partial charge in [0.25, 0.3) is 0 Å². The predicted molar refractivity (Wildman–Crippen MR) is 83.6 cm³/mol. The van der Waals surface area contributed by atoms with Crippen LogP contribution < -0.4 is 5.32 Å². The first-order chi connectivity index (χ1) is 9.11. The average molecular weight is 363 g/mol. The predicted octanol–water partition coefficient (Wildman–Crippen LogP) is 5.20. The second-order valence-corrected chi connectivity index (χ2v) is 6.39. The zero-order valence-corrected chi connectivity index (χ0v) is 13.6. The van der Waals surface area contributed by atoms with E-state index in [2.05, 4.69) is 28.2 Å². The van der Waals surface area contributed by atoms with Gasteiger partial charge in [0.1, 0.15) is 5.82 Å². The molecule has 0 aliphatic heterocycles. The Balaban J connectivity index is 2.26. The van der Waals surface area contributed by atoms with E-state index in [1.165, 1.54) is 17.0 Å². The molecular weight excluding hydrogens is 349 g/mol. The average Bonchev–Trinajstić information content (AvgIpc) is 2.79. The topological polar surface area (TPSA) is 12.0 Å². The molecule has 0 fully saturated rings. The first kappa shape index (κ1) is 15.0. The number of likely N-dealkylation sites (N-methyl/N-ethyl adjacent to an activating group) is 1. The second kappa shape index (κ2) is 6.84. The van der Waals surface area contributed by atoms with Crippen LogP contribution in [0.4, 0.5) is 4.39 Å². The van der Waals surface area contributed by atoms with Crippen LogP contribution in [0.1, 0.15) is 23.4 Å². The van der Waals surface area contributed by atoms with E-state index in [-0.39, 0.29) is 11.9 Å². The highest BCUT2D eigenvalue weighted by molar-refractivity contribution is 9.10. The summed E-state index contributed by atoms with van der Waals surface area (Å²) in [6, 6.07) is 6.66. The maximum atomic E-state index is 13.3. The highest BCUT2D eigenvalue weighted by Gasteiger charge is 2.17. The second-order valence-electron chi connectivity index (χ2n) is 4.18. The van der Waals surface area contributed by atoms with Gasteiger partial charge in [-0.25, -0.2) is 4.39 Å². The van der Waals surface area contributed by atoms with Crippen LogP contribution in [0, 0.1) is 5.82 Å². The molecule has 1 unspecified atom stereocenters. The number of nitrogens with one attached hydrogen (secondary N) is 1. The van der Waals surface area contributed by atoms with Crippen LogP contribution in [0.3, 0.4) is 0 Å². The van der Waals surface area contributed by atoms with Gasteiger partial charge in [0.2, 0.25) is 0 Å². The normalized spacial score (nSPS) is 12.6. The summed E-state index contributed by atoms with van der Waals surface area (Å²) in [5.41, 5.74) is 0.827. The molecule has 19 heavy (non-hydrogen) atoms. The van der Waals surface area contributed by atoms with Gasteiger partial charge in [-0.15, -0.1) is 11.3 Å². The number of rotatable bonds is 5. The smallest absolute Gasteiger partial charge is 0.123 e. The lowest BCUT2D eigenvalue weighted by atomic mass is 10.0. The summed E-state index contributed by atoms with van der Waals surface area (Å²) in [5.74, 6) is -0.250. The first-order valence-corrected chi connectivity index (χ1v) is 8.07. The Labute approximate surface area is 129 Å². The van der Waals surface area contributed by atoms with Crippen molar-refractivity contribution < 1.29 is 4.39 Å². The van der Waals surface area contributed by atoms with Crippen LogP contribution in [0.5, 0.6) is 0 Å². The molecule has 1 aromatic heterocycles. The summed E-state index contributed by atoms with van der Waals surface area (Å²) in [6.45, 7) is 2.91. The Morgan fingerprint density at radius 1 is 1.42 bits per heavy atom. The third-order valence-electron chi connectivity index (χ3n) is 2.84. The SMILES string of the molecule is CCNC(Cc1cc(F)ccc1Cl)c1sccc1Br. The fraction of sp³-hybridized carbons (Fsp3) is 0.286. The molecule has 0 amide bonds. The number of hydrogen-bond donors (Lipinski definition) is 1. The van der Waals surface area contributed by atoms with Crippen molar-refractivity contribution in [2.24, 2.45) is 0 Å². The van der Waals surface area contributed by atoms with Gasteiger partial charge >= 0.3 is 0 Å². The molecule has 1 atom stereocenters. The Morgan fingerprint density at radius 2 is 2.21 bits per heavy atom. The molecule has 1 nitrogen and oxygen atoms in total. The number of halogens is 3. The molecule has 2 aromatic rings. The minimum atomic E-state index is -0.250. The molecule has 0 saturated carbocycles. The molecule has 5 heteroatoms. The van der Waals surface area contributed by atoms with Crippen molar-refractivity contribution >= 4 is 38.9 Å². The minimum absolute atomic E-state index is 0.138. The largest absolute Gasteiger partial charge is 0.309 e. The molecule has 1 N–H and O–H groups in total. The van der Waals surface area contributed by atoms with Crippen molar-refractivity contribution in [2.45, 2.75) is 19.4 Å². The van der Waals surface area contributed by atoms with Gasteiger partial charge < -0.3 is 5.32 Å². The number of benzene rings is 1. The van der Waals surface area contributed by atoms with Crippen LogP contribution in [-0.2, 0) is 6.42 Å². The molecule has 1 heterocycles. The van der Waals surface area contributed by atoms with Crippen molar-refractivity contribution in [3.05, 3.63) is 55.4 Å². The van der Waals surface area contributed by atoms with Crippen LogP contribution in [-0.4, -0.2) is 6.54 Å². The molecule has 0 aliphatic rings. The molecule has 0 bridgehead atoms. The first-order valence-electron chi connectivity index (χ1n) is 6.02. The maximum Gasteiger partial charge on any atom is 0.123 e. The van der Waals surface area contributed by atoms with Crippen LogP contribution in [0.15, 0.2) is 34.1 Å². The van der Waals surface area contributed by atoms with Gasteiger partial charge in [-0.2, -0.15) is 0 Å². The Hall–Kier alpha value is -0.420. The van der Waals surface area contributed by atoms with E-state index in [9.17, 15) is 4.39 Å². The fourth-order valence-corrected chi connectivity index (χ4v) is 3.90. The molecule has 0 aliphatic carbocycles. The van der Waals surface area contributed by atoms with Crippen LogP contribution in [0.2, 0.25) is 5.02 Å². The van der Waals surface area contributed by atoms with Gasteiger partial charge in [-0.05, 0) is 64.1 Å². The molecule has 1 aromatic carbocycles. The summed E-state index contributed by atoms with van der Waals surface area (Å²) >= 11 is 11.4. The quantitative estimate of drug-likeness (QED) is 0.771. The van der Waals surface area contributed by atoms with Crippen molar-refractivity contribution in [1.82, 2.24) is 5.32 Å². The van der Waals surface area contributed by atoms with E-state index in [4.69, 9.17) is 11.6 Å². The van der Waals surface area contributed by atoms with Gasteiger partial charge in [-0.3, -0.25) is 0 Å². The highest BCUT2D eigenvalue weighted by Crippen LogP contribution is 2.32. The zero-order chi connectivity index (χ0) is 13.8. The summed E-state index contributed by atoms with van der Waals surface area (Å²) in [6.07, 6.45) is 0.670. The lowest BCUT2D eigenvalue weighted by Gasteiger charge is -2.18. The van der Waals surface area contributed by atoms with Crippen molar-refractivity contribution in [3.63, 3.8) is 0 Å². The Morgan fingerprint density at radius 3 is 2.84 bits per heavy atom. The van der Waals surface area contributed by atoms with E-state index in [0.29, 0.717) is 11.4 Å². The van der Waals surface area contributed by atoms with Crippen LogP contribution in [0.25, 0.3) is 0 Å². The number of hydrogen-bond acceptors (Lipinski definition) is 2. The van der Waals surface area contributed by atoms with Gasteiger partial charge in [0.15, 0.2) is 0 Å². The van der Waals surface area contributed by atoms with E-state index >= 15 is 0 Å². The summed E-state index contributed by atoms with van der Waals surface area (Å²) in [7, 11) is 0. The monoisotopic (exact) mass is 361 g/mol. The Kier molecular flexibility index (Phi) is 5.39. The Bertz CT molecular complexity index is 558. The number of thiophene rings is 1. The third-order valence-corrected chi connectivity index (χ3v) is 5.20. The lowest BCUT2D eigenvalue weighted by molar-refractivity contribution is 0.553. The minimum Gasteiger partial charge on any atom is -0.309 e. The highest BCUT2D eigenvalue weighted by atomic mass is 79.9. The van der Waals surface area contributed by atoms with Gasteiger partial charge in [0, 0.05) is 20.4 Å². The van der Waals surface area contributed by atoms with Crippen LogP contribution >= 0.6 is 38.9 Å². The van der Waals surface area contributed by atoms with Gasteiger partial charge in [0.05, 0.1) is 0 Å². The standard InChI is InChI=1S/C14H14BrClFNS/c1-2-18-13(14-11(15)5-6-19-14)8-9-7-10(17)3-4-12(9)16/h3-7,13,18H,2,8H2,1H3. The molecular formula is C14H14BrClFNS. The summed E-state index contributed by atoms with van der Waals surface area (Å²) < 4.78 is 14.4. The molecule has 2 rings (SSSR count). The van der Waals surface area contributed by atoms with Gasteiger partial charge in [-0.1, -0.05) is 18.5 Å². The van der Waals surface area contributed by atoms with Crippen molar-refractivity contribution in [1.29, 1.82) is 0 Å². The summed E-state index contributed by atoms with van der Waals surface area (Å²) in [4.78, 5) is 1.21. The molecule has 0 spiro atoms. The van der Waals surface area contributed by atoms with E-state index in [0.717, 1.165) is 16.6 Å².